The van der Waals surface area contributed by atoms with Gasteiger partial charge in [0.2, 0.25) is 0 Å². The molecule has 0 heterocycles. The van der Waals surface area contributed by atoms with Crippen LogP contribution in [-0.4, -0.2) is 5.54 Å². The molecule has 0 bridgehead atoms. The largest absolute Gasteiger partial charge is 0.322 e. The molecule has 0 aromatic heterocycles. The number of halogens is 2. The zero-order valence-electron chi connectivity index (χ0n) is 6.78. The van der Waals surface area contributed by atoms with Gasteiger partial charge < -0.3 is 5.73 Å². The fourth-order valence-electron chi connectivity index (χ4n) is 0.853. The quantitative estimate of drug-likeness (QED) is 0.632. The summed E-state index contributed by atoms with van der Waals surface area (Å²) in [4.78, 5) is 0. The van der Waals surface area contributed by atoms with Gasteiger partial charge in [-0.3, -0.25) is 0 Å². The van der Waals surface area contributed by atoms with Crippen molar-refractivity contribution in [1.29, 1.82) is 0 Å². The van der Waals surface area contributed by atoms with Gasteiger partial charge in [0.15, 0.2) is 0 Å². The smallest absolute Gasteiger partial charge is 0.0374 e. The molecular formula is C8H15Cl2N. The van der Waals surface area contributed by atoms with Gasteiger partial charge in [-0.15, -0.1) is 24.8 Å². The highest BCUT2D eigenvalue weighted by atomic mass is 35.5. The molecule has 0 aliphatic heterocycles. The molecule has 2 N–H and O–H groups in total. The molecule has 1 rings (SSSR count). The highest BCUT2D eigenvalue weighted by Gasteiger charge is 2.21. The minimum absolute atomic E-state index is 0. The molecule has 2 unspecified atom stereocenters. The van der Waals surface area contributed by atoms with Crippen LogP contribution in [0.5, 0.6) is 0 Å². The van der Waals surface area contributed by atoms with E-state index in [-0.39, 0.29) is 30.4 Å². The molecule has 2 atom stereocenters. The Labute approximate surface area is 80.6 Å². The molecule has 0 saturated heterocycles. The van der Waals surface area contributed by atoms with E-state index in [4.69, 9.17) is 5.73 Å². The maximum atomic E-state index is 5.88. The van der Waals surface area contributed by atoms with Gasteiger partial charge in [-0.1, -0.05) is 31.2 Å². The highest BCUT2D eigenvalue weighted by Crippen LogP contribution is 2.19. The Bertz CT molecular complexity index is 161. The van der Waals surface area contributed by atoms with Crippen molar-refractivity contribution in [2.45, 2.75) is 19.4 Å². The standard InChI is InChI=1S/C8H13N.2ClH/c1-7-5-3-4-6-8(7,2)9;;/h3-7H,9H2,1-2H3;2*1H. The van der Waals surface area contributed by atoms with Crippen molar-refractivity contribution in [1.82, 2.24) is 0 Å². The average Bonchev–Trinajstić information content (AvgIpc) is 1.77. The molecule has 0 radical (unpaired) electrons. The van der Waals surface area contributed by atoms with Crippen LogP contribution < -0.4 is 5.73 Å². The summed E-state index contributed by atoms with van der Waals surface area (Å²) in [5.74, 6) is 0.461. The van der Waals surface area contributed by atoms with E-state index in [1.165, 1.54) is 0 Å². The van der Waals surface area contributed by atoms with Crippen molar-refractivity contribution in [3.63, 3.8) is 0 Å². The molecule has 0 spiro atoms. The lowest BCUT2D eigenvalue weighted by atomic mass is 9.85. The first kappa shape index (κ1) is 13.6. The Morgan fingerprint density at radius 2 is 1.82 bits per heavy atom. The van der Waals surface area contributed by atoms with Gasteiger partial charge in [0.05, 0.1) is 0 Å². The molecule has 0 aromatic carbocycles. The Balaban J connectivity index is 0. The molecule has 3 heteroatoms. The monoisotopic (exact) mass is 195 g/mol. The molecule has 1 aliphatic carbocycles. The highest BCUT2D eigenvalue weighted by molar-refractivity contribution is 5.85. The van der Waals surface area contributed by atoms with E-state index in [0.717, 1.165) is 0 Å². The van der Waals surface area contributed by atoms with Crippen molar-refractivity contribution in [2.24, 2.45) is 11.7 Å². The lowest BCUT2D eigenvalue weighted by Crippen LogP contribution is -2.40. The van der Waals surface area contributed by atoms with Gasteiger partial charge in [-0.2, -0.15) is 0 Å². The van der Waals surface area contributed by atoms with Crippen LogP contribution in [0.25, 0.3) is 0 Å². The first-order valence-corrected chi connectivity index (χ1v) is 3.28. The average molecular weight is 196 g/mol. The Kier molecular flexibility index (Phi) is 5.95. The van der Waals surface area contributed by atoms with Crippen LogP contribution in [0.2, 0.25) is 0 Å². The zero-order chi connectivity index (χ0) is 6.91. The van der Waals surface area contributed by atoms with Gasteiger partial charge in [-0.05, 0) is 12.8 Å². The van der Waals surface area contributed by atoms with Crippen LogP contribution in [0.15, 0.2) is 24.3 Å². The normalized spacial score (nSPS) is 33.9. The second-order valence-electron chi connectivity index (χ2n) is 2.90. The molecule has 0 saturated carbocycles. The number of allylic oxidation sites excluding steroid dienone is 2. The van der Waals surface area contributed by atoms with Crippen molar-refractivity contribution in [3.05, 3.63) is 24.3 Å². The maximum absolute atomic E-state index is 5.88. The minimum Gasteiger partial charge on any atom is -0.322 e. The molecule has 0 fully saturated rings. The number of hydrogen-bond donors (Lipinski definition) is 1. The first-order chi connectivity index (χ1) is 4.13. The van der Waals surface area contributed by atoms with Crippen molar-refractivity contribution >= 4 is 24.8 Å². The summed E-state index contributed by atoms with van der Waals surface area (Å²) in [5.41, 5.74) is 5.75. The van der Waals surface area contributed by atoms with Gasteiger partial charge >= 0.3 is 0 Å². The third-order valence-electron chi connectivity index (χ3n) is 1.95. The Morgan fingerprint density at radius 3 is 2.09 bits per heavy atom. The van der Waals surface area contributed by atoms with Crippen LogP contribution in [0.4, 0.5) is 0 Å². The molecule has 1 nitrogen and oxygen atoms in total. The van der Waals surface area contributed by atoms with Crippen LogP contribution in [-0.2, 0) is 0 Å². The third kappa shape index (κ3) is 3.28. The van der Waals surface area contributed by atoms with Gasteiger partial charge in [0.25, 0.3) is 0 Å². The van der Waals surface area contributed by atoms with E-state index in [9.17, 15) is 0 Å². The second kappa shape index (κ2) is 4.81. The third-order valence-corrected chi connectivity index (χ3v) is 1.95. The predicted molar refractivity (Wildman–Crippen MR) is 54.5 cm³/mol. The number of rotatable bonds is 0. The van der Waals surface area contributed by atoms with E-state index in [1.54, 1.807) is 0 Å². The number of hydrogen-bond acceptors (Lipinski definition) is 1. The van der Waals surface area contributed by atoms with E-state index in [0.29, 0.717) is 5.92 Å². The number of nitrogens with two attached hydrogens (primary N) is 1. The summed E-state index contributed by atoms with van der Waals surface area (Å²) >= 11 is 0. The fraction of sp³-hybridized carbons (Fsp3) is 0.500. The van der Waals surface area contributed by atoms with E-state index < -0.39 is 0 Å². The maximum Gasteiger partial charge on any atom is 0.0374 e. The van der Waals surface area contributed by atoms with Gasteiger partial charge in [-0.25, -0.2) is 0 Å². The zero-order valence-corrected chi connectivity index (χ0v) is 8.41. The lowest BCUT2D eigenvalue weighted by Gasteiger charge is -2.27. The summed E-state index contributed by atoms with van der Waals surface area (Å²) in [7, 11) is 0. The summed E-state index contributed by atoms with van der Waals surface area (Å²) in [6.45, 7) is 4.16. The second-order valence-corrected chi connectivity index (χ2v) is 2.90. The van der Waals surface area contributed by atoms with Crippen molar-refractivity contribution < 1.29 is 0 Å². The van der Waals surface area contributed by atoms with Gasteiger partial charge in [0.1, 0.15) is 0 Å². The van der Waals surface area contributed by atoms with E-state index in [1.807, 2.05) is 25.2 Å². The van der Waals surface area contributed by atoms with Gasteiger partial charge in [0, 0.05) is 5.54 Å². The Morgan fingerprint density at radius 1 is 1.27 bits per heavy atom. The van der Waals surface area contributed by atoms with Crippen LogP contribution >= 0.6 is 24.8 Å². The molecule has 0 aromatic rings. The summed E-state index contributed by atoms with van der Waals surface area (Å²) in [6.07, 6.45) is 8.21. The van der Waals surface area contributed by atoms with Crippen LogP contribution in [0.3, 0.4) is 0 Å². The van der Waals surface area contributed by atoms with Crippen molar-refractivity contribution in [3.8, 4) is 0 Å². The lowest BCUT2D eigenvalue weighted by molar-refractivity contribution is 0.455. The summed E-state index contributed by atoms with van der Waals surface area (Å²) < 4.78 is 0. The Hall–Kier alpha value is 0.0200. The van der Waals surface area contributed by atoms with E-state index in [2.05, 4.69) is 13.0 Å². The molecule has 1 aliphatic rings. The molecule has 11 heavy (non-hydrogen) atoms. The predicted octanol–water partition coefficient (Wildman–Crippen LogP) is 2.31. The summed E-state index contributed by atoms with van der Waals surface area (Å²) in [5, 5.41) is 0. The first-order valence-electron chi connectivity index (χ1n) is 3.28. The van der Waals surface area contributed by atoms with Crippen LogP contribution in [0.1, 0.15) is 13.8 Å². The topological polar surface area (TPSA) is 26.0 Å². The molecule has 66 valence electrons. The van der Waals surface area contributed by atoms with Crippen LogP contribution in [0, 0.1) is 5.92 Å². The molecular weight excluding hydrogens is 181 g/mol. The fourth-order valence-corrected chi connectivity index (χ4v) is 0.853. The SMILES string of the molecule is CC1C=CC=CC1(C)N.Cl.Cl. The van der Waals surface area contributed by atoms with Crippen molar-refractivity contribution in [2.75, 3.05) is 0 Å². The minimum atomic E-state index is -0.130. The van der Waals surface area contributed by atoms with E-state index >= 15 is 0 Å². The summed E-state index contributed by atoms with van der Waals surface area (Å²) in [6, 6.07) is 0. The molecule has 0 amide bonds.